The second-order valence-corrected chi connectivity index (χ2v) is 10.3. The first-order valence-electron chi connectivity index (χ1n) is 12.0. The highest BCUT2D eigenvalue weighted by molar-refractivity contribution is 7.17. The van der Waals surface area contributed by atoms with E-state index in [0.717, 1.165) is 52.8 Å². The molecule has 1 aliphatic rings. The number of aryl methyl sites for hydroxylation is 3. The molecular weight excluding hydrogens is 472 g/mol. The van der Waals surface area contributed by atoms with Gasteiger partial charge in [-0.1, -0.05) is 36.4 Å². The van der Waals surface area contributed by atoms with Gasteiger partial charge in [0.25, 0.3) is 11.8 Å². The van der Waals surface area contributed by atoms with Crippen molar-refractivity contribution in [2.45, 2.75) is 39.5 Å². The van der Waals surface area contributed by atoms with Crippen molar-refractivity contribution in [3.63, 3.8) is 0 Å². The van der Waals surface area contributed by atoms with Crippen LogP contribution in [0.3, 0.4) is 0 Å². The van der Waals surface area contributed by atoms with Crippen LogP contribution in [0.25, 0.3) is 11.3 Å². The predicted octanol–water partition coefficient (Wildman–Crippen LogP) is 5.17. The van der Waals surface area contributed by atoms with Crippen molar-refractivity contribution in [1.29, 1.82) is 0 Å². The zero-order valence-corrected chi connectivity index (χ0v) is 21.1. The predicted molar refractivity (Wildman–Crippen MR) is 142 cm³/mol. The molecule has 0 radical (unpaired) electrons. The lowest BCUT2D eigenvalue weighted by Gasteiger charge is -2.09. The second kappa shape index (κ2) is 9.99. The minimum Gasteiger partial charge on any atom is -0.507 e. The van der Waals surface area contributed by atoms with E-state index in [2.05, 4.69) is 20.8 Å². The molecule has 0 unspecified atom stereocenters. The van der Waals surface area contributed by atoms with Gasteiger partial charge in [0.05, 0.1) is 11.3 Å². The molecule has 0 saturated carbocycles. The molecule has 0 spiro atoms. The molecule has 2 heterocycles. The number of benzene rings is 2. The molecule has 8 heteroatoms. The van der Waals surface area contributed by atoms with E-state index in [4.69, 9.17) is 0 Å². The number of fused-ring (bicyclic) bond motifs is 1. The number of thiophene rings is 1. The Morgan fingerprint density at radius 2 is 1.89 bits per heavy atom. The van der Waals surface area contributed by atoms with Crippen LogP contribution >= 0.6 is 11.3 Å². The number of aromatic hydroxyl groups is 1. The number of phenolic OH excluding ortho intramolecular Hbond substituents is 1. The number of rotatable bonds is 7. The third-order valence-electron chi connectivity index (χ3n) is 6.46. The van der Waals surface area contributed by atoms with E-state index in [1.807, 2.05) is 50.2 Å². The highest BCUT2D eigenvalue weighted by atomic mass is 32.1. The number of aromatic nitrogens is 2. The molecule has 4 aromatic rings. The Hall–Kier alpha value is -3.91. The van der Waals surface area contributed by atoms with Gasteiger partial charge in [0, 0.05) is 17.0 Å². The minimum atomic E-state index is -0.378. The zero-order chi connectivity index (χ0) is 25.2. The molecule has 5 rings (SSSR count). The van der Waals surface area contributed by atoms with E-state index in [-0.39, 0.29) is 23.3 Å². The summed E-state index contributed by atoms with van der Waals surface area (Å²) in [6, 6.07) is 15.3. The summed E-state index contributed by atoms with van der Waals surface area (Å²) in [6.07, 6.45) is 3.51. The van der Waals surface area contributed by atoms with Crippen molar-refractivity contribution < 1.29 is 14.7 Å². The fraction of sp³-hybridized carbons (Fsp3) is 0.250. The first-order chi connectivity index (χ1) is 17.4. The largest absolute Gasteiger partial charge is 0.507 e. The molecule has 0 atom stereocenters. The highest BCUT2D eigenvalue weighted by Crippen LogP contribution is 2.39. The van der Waals surface area contributed by atoms with Gasteiger partial charge in [-0.05, 0) is 73.9 Å². The highest BCUT2D eigenvalue weighted by Gasteiger charge is 2.28. The smallest absolute Gasteiger partial charge is 0.274 e. The van der Waals surface area contributed by atoms with Crippen molar-refractivity contribution in [2.24, 2.45) is 0 Å². The van der Waals surface area contributed by atoms with Gasteiger partial charge >= 0.3 is 0 Å². The number of hydrogen-bond donors (Lipinski definition) is 4. The fourth-order valence-electron chi connectivity index (χ4n) is 4.80. The number of amides is 2. The summed E-state index contributed by atoms with van der Waals surface area (Å²) in [6.45, 7) is 4.32. The Labute approximate surface area is 213 Å². The lowest BCUT2D eigenvalue weighted by atomic mass is 10.0. The molecule has 184 valence electrons. The Morgan fingerprint density at radius 3 is 2.67 bits per heavy atom. The first-order valence-corrected chi connectivity index (χ1v) is 12.9. The minimum absolute atomic E-state index is 0.120. The molecule has 4 N–H and O–H groups in total. The maximum Gasteiger partial charge on any atom is 0.274 e. The second-order valence-electron chi connectivity index (χ2n) is 9.15. The van der Waals surface area contributed by atoms with Gasteiger partial charge in [0.1, 0.15) is 16.4 Å². The van der Waals surface area contributed by atoms with Crippen molar-refractivity contribution in [2.75, 3.05) is 11.9 Å². The number of aromatic amines is 1. The number of carbonyl (C=O) groups excluding carboxylic acids is 2. The quantitative estimate of drug-likeness (QED) is 0.281. The third kappa shape index (κ3) is 4.77. The number of anilines is 1. The molecule has 7 nitrogen and oxygen atoms in total. The van der Waals surface area contributed by atoms with Crippen LogP contribution in [0, 0.1) is 13.8 Å². The number of H-pyrrole nitrogens is 1. The van der Waals surface area contributed by atoms with E-state index in [1.54, 1.807) is 12.1 Å². The number of nitrogens with zero attached hydrogens (tertiary/aromatic N) is 1. The molecule has 2 amide bonds. The van der Waals surface area contributed by atoms with E-state index in [0.29, 0.717) is 28.4 Å². The van der Waals surface area contributed by atoms with Crippen LogP contribution < -0.4 is 10.6 Å². The van der Waals surface area contributed by atoms with Crippen molar-refractivity contribution in [1.82, 2.24) is 15.5 Å². The monoisotopic (exact) mass is 500 g/mol. The fourth-order valence-corrected chi connectivity index (χ4v) is 6.08. The lowest BCUT2D eigenvalue weighted by molar-refractivity contribution is 0.0954. The van der Waals surface area contributed by atoms with Gasteiger partial charge in [0.2, 0.25) is 0 Å². The summed E-state index contributed by atoms with van der Waals surface area (Å²) in [5, 5.41) is 24.0. The van der Waals surface area contributed by atoms with Gasteiger partial charge in [0.15, 0.2) is 0 Å². The van der Waals surface area contributed by atoms with Gasteiger partial charge in [-0.25, -0.2) is 0 Å². The average Bonchev–Trinajstić information content (AvgIpc) is 3.56. The molecule has 0 saturated heterocycles. The van der Waals surface area contributed by atoms with E-state index in [1.165, 1.54) is 11.3 Å². The molecule has 0 bridgehead atoms. The summed E-state index contributed by atoms with van der Waals surface area (Å²) in [5.41, 5.74) is 5.92. The maximum atomic E-state index is 13.2. The third-order valence-corrected chi connectivity index (χ3v) is 7.66. The molecule has 2 aromatic carbocycles. The Morgan fingerprint density at radius 1 is 1.08 bits per heavy atom. The molecule has 0 aliphatic heterocycles. The summed E-state index contributed by atoms with van der Waals surface area (Å²) in [5.74, 6) is -0.419. The number of nitrogens with one attached hydrogen (secondary N) is 3. The molecular formula is C28H28N4O3S. The van der Waals surface area contributed by atoms with Crippen LogP contribution in [0.1, 0.15) is 54.4 Å². The van der Waals surface area contributed by atoms with E-state index < -0.39 is 0 Å². The van der Waals surface area contributed by atoms with Crippen LogP contribution in [0.2, 0.25) is 0 Å². The SMILES string of the molecule is Cc1cc(C)c(-c2cc(C(=O)Nc3sc4c(c3C(=O)NCCc3ccccc3)CCC4)[nH]n2)c(O)c1. The van der Waals surface area contributed by atoms with Crippen LogP contribution in [-0.4, -0.2) is 33.7 Å². The van der Waals surface area contributed by atoms with E-state index >= 15 is 0 Å². The molecule has 2 aromatic heterocycles. The number of hydrogen-bond acceptors (Lipinski definition) is 5. The topological polar surface area (TPSA) is 107 Å². The Balaban J connectivity index is 1.33. The van der Waals surface area contributed by atoms with Crippen LogP contribution in [0.5, 0.6) is 5.75 Å². The van der Waals surface area contributed by atoms with Crippen molar-refractivity contribution in [3.05, 3.63) is 86.9 Å². The summed E-state index contributed by atoms with van der Waals surface area (Å²) in [4.78, 5) is 27.5. The molecule has 0 fully saturated rings. The van der Waals surface area contributed by atoms with Gasteiger partial charge in [-0.3, -0.25) is 14.7 Å². The average molecular weight is 501 g/mol. The summed E-state index contributed by atoms with van der Waals surface area (Å²) < 4.78 is 0. The summed E-state index contributed by atoms with van der Waals surface area (Å²) in [7, 11) is 0. The Kier molecular flexibility index (Phi) is 6.61. The van der Waals surface area contributed by atoms with Crippen molar-refractivity contribution >= 4 is 28.2 Å². The first kappa shape index (κ1) is 23.8. The number of phenols is 1. The van der Waals surface area contributed by atoms with Gasteiger partial charge in [-0.2, -0.15) is 5.10 Å². The molecule has 1 aliphatic carbocycles. The Bertz CT molecular complexity index is 1420. The van der Waals surface area contributed by atoms with Gasteiger partial charge in [-0.15, -0.1) is 11.3 Å². The normalized spacial score (nSPS) is 12.4. The maximum absolute atomic E-state index is 13.2. The zero-order valence-electron chi connectivity index (χ0n) is 20.3. The summed E-state index contributed by atoms with van der Waals surface area (Å²) >= 11 is 1.47. The van der Waals surface area contributed by atoms with E-state index in [9.17, 15) is 14.7 Å². The number of carbonyl (C=O) groups is 2. The van der Waals surface area contributed by atoms with Crippen LogP contribution in [0.4, 0.5) is 5.00 Å². The molecule has 36 heavy (non-hydrogen) atoms. The lowest BCUT2D eigenvalue weighted by Crippen LogP contribution is -2.27. The van der Waals surface area contributed by atoms with Gasteiger partial charge < -0.3 is 15.7 Å². The van der Waals surface area contributed by atoms with Crippen LogP contribution in [-0.2, 0) is 19.3 Å². The standard InChI is InChI=1S/C28H28N4O3S/c1-16-13-17(2)24(22(33)14-16)20-15-21(32-31-20)26(34)30-28-25(19-9-6-10-23(19)36-28)27(35)29-12-11-18-7-4-3-5-8-18/h3-5,7-8,13-15,33H,6,9-12H2,1-2H3,(H,29,35)(H,30,34)(H,31,32). The van der Waals surface area contributed by atoms with Crippen molar-refractivity contribution in [3.8, 4) is 17.0 Å². The van der Waals surface area contributed by atoms with Crippen LogP contribution in [0.15, 0.2) is 48.5 Å².